The van der Waals surface area contributed by atoms with Crippen molar-refractivity contribution in [2.75, 3.05) is 26.3 Å². The van der Waals surface area contributed by atoms with Gasteiger partial charge < -0.3 is 15.4 Å². The van der Waals surface area contributed by atoms with Gasteiger partial charge in [0.05, 0.1) is 6.61 Å². The Balaban J connectivity index is 1.79. The van der Waals surface area contributed by atoms with Gasteiger partial charge in [0.2, 0.25) is 5.91 Å². The van der Waals surface area contributed by atoms with Crippen LogP contribution < -0.4 is 10.6 Å². The molecule has 1 aliphatic carbocycles. The number of nitrogens with one attached hydrogen (secondary N) is 2. The number of rotatable bonds is 10. The molecule has 0 aromatic rings. The zero-order valence-corrected chi connectivity index (χ0v) is 9.88. The maximum absolute atomic E-state index is 11.7. The monoisotopic (exact) mass is 250 g/mol. The van der Waals surface area contributed by atoms with Crippen LogP contribution in [0.1, 0.15) is 25.7 Å². The molecule has 1 aliphatic rings. The predicted octanol–water partition coefficient (Wildman–Crippen LogP) is 0.916. The van der Waals surface area contributed by atoms with E-state index < -0.39 is 13.0 Å². The average molecular weight is 250 g/mol. The molecule has 0 heterocycles. The third-order valence-electron chi connectivity index (χ3n) is 2.40. The van der Waals surface area contributed by atoms with Crippen LogP contribution in [0.5, 0.6) is 0 Å². The lowest BCUT2D eigenvalue weighted by Crippen LogP contribution is -2.28. The van der Waals surface area contributed by atoms with Gasteiger partial charge in [-0.15, -0.1) is 0 Å². The van der Waals surface area contributed by atoms with E-state index in [1.165, 1.54) is 12.8 Å². The summed E-state index contributed by atoms with van der Waals surface area (Å²) in [6.07, 6.45) is 1.08. The number of halogens is 2. The molecule has 0 aromatic carbocycles. The van der Waals surface area contributed by atoms with E-state index in [0.29, 0.717) is 12.6 Å². The fourth-order valence-corrected chi connectivity index (χ4v) is 1.34. The molecule has 1 amide bonds. The lowest BCUT2D eigenvalue weighted by molar-refractivity contribution is -0.122. The van der Waals surface area contributed by atoms with Gasteiger partial charge in [0.15, 0.2) is 0 Å². The first kappa shape index (κ1) is 14.3. The van der Waals surface area contributed by atoms with E-state index in [0.717, 1.165) is 13.0 Å². The lowest BCUT2D eigenvalue weighted by atomic mass is 10.3. The van der Waals surface area contributed by atoms with Crippen molar-refractivity contribution in [2.45, 2.75) is 38.2 Å². The summed E-state index contributed by atoms with van der Waals surface area (Å²) < 4.78 is 28.0. The second-order valence-electron chi connectivity index (χ2n) is 4.15. The standard InChI is InChI=1S/C11H20F2N2O2/c12-10(13)8-17-7-4-11(16)15-6-1-5-14-9-2-3-9/h9-10,14H,1-8H2,(H,15,16). The van der Waals surface area contributed by atoms with Crippen molar-refractivity contribution in [3.05, 3.63) is 0 Å². The van der Waals surface area contributed by atoms with Crippen LogP contribution in [-0.4, -0.2) is 44.7 Å². The van der Waals surface area contributed by atoms with E-state index in [9.17, 15) is 13.6 Å². The molecule has 6 heteroatoms. The van der Waals surface area contributed by atoms with E-state index in [4.69, 9.17) is 0 Å². The Morgan fingerprint density at radius 2 is 2.12 bits per heavy atom. The predicted molar refractivity (Wildman–Crippen MR) is 60.1 cm³/mol. The normalized spacial score (nSPS) is 15.2. The summed E-state index contributed by atoms with van der Waals surface area (Å²) in [5.74, 6) is -0.148. The van der Waals surface area contributed by atoms with E-state index in [-0.39, 0.29) is 18.9 Å². The minimum absolute atomic E-state index is 0.0521. The first-order valence-electron chi connectivity index (χ1n) is 6.04. The molecule has 0 saturated heterocycles. The number of alkyl halides is 2. The van der Waals surface area contributed by atoms with Gasteiger partial charge in [-0.2, -0.15) is 0 Å². The molecule has 4 nitrogen and oxygen atoms in total. The fourth-order valence-electron chi connectivity index (χ4n) is 1.34. The molecular formula is C11H20F2N2O2. The van der Waals surface area contributed by atoms with E-state index in [1.54, 1.807) is 0 Å². The Morgan fingerprint density at radius 1 is 1.35 bits per heavy atom. The van der Waals surface area contributed by atoms with E-state index >= 15 is 0 Å². The smallest absolute Gasteiger partial charge is 0.261 e. The third kappa shape index (κ3) is 9.00. The summed E-state index contributed by atoms with van der Waals surface area (Å²) in [7, 11) is 0. The number of carbonyl (C=O) groups excluding carboxylic acids is 1. The second-order valence-corrected chi connectivity index (χ2v) is 4.15. The molecule has 0 unspecified atom stereocenters. The summed E-state index contributed by atoms with van der Waals surface area (Å²) in [5, 5.41) is 6.05. The molecule has 100 valence electrons. The Morgan fingerprint density at radius 3 is 2.76 bits per heavy atom. The van der Waals surface area contributed by atoms with Crippen LogP contribution in [0.15, 0.2) is 0 Å². The van der Waals surface area contributed by atoms with Gasteiger partial charge in [-0.3, -0.25) is 4.79 Å². The zero-order valence-electron chi connectivity index (χ0n) is 9.88. The van der Waals surface area contributed by atoms with Crippen molar-refractivity contribution in [3.8, 4) is 0 Å². The highest BCUT2D eigenvalue weighted by atomic mass is 19.3. The molecule has 0 spiro atoms. The molecule has 0 atom stereocenters. The van der Waals surface area contributed by atoms with E-state index in [2.05, 4.69) is 15.4 Å². The quantitative estimate of drug-likeness (QED) is 0.567. The SMILES string of the molecule is O=C(CCOCC(F)F)NCCCNC1CC1. The summed E-state index contributed by atoms with van der Waals surface area (Å²) in [5.41, 5.74) is 0. The number of amides is 1. The number of ether oxygens (including phenoxy) is 1. The van der Waals surface area contributed by atoms with Crippen LogP contribution in [0.2, 0.25) is 0 Å². The van der Waals surface area contributed by atoms with Gasteiger partial charge >= 0.3 is 0 Å². The van der Waals surface area contributed by atoms with Gasteiger partial charge in [-0.1, -0.05) is 0 Å². The first-order chi connectivity index (χ1) is 8.18. The Hall–Kier alpha value is -0.750. The highest BCUT2D eigenvalue weighted by Crippen LogP contribution is 2.18. The lowest BCUT2D eigenvalue weighted by Gasteiger charge is -2.06. The number of carbonyl (C=O) groups is 1. The van der Waals surface area contributed by atoms with Crippen LogP contribution in [0, 0.1) is 0 Å². The van der Waals surface area contributed by atoms with Crippen molar-refractivity contribution in [1.29, 1.82) is 0 Å². The Kier molecular flexibility index (Phi) is 7.04. The van der Waals surface area contributed by atoms with Crippen LogP contribution in [0.3, 0.4) is 0 Å². The highest BCUT2D eigenvalue weighted by molar-refractivity contribution is 5.75. The minimum atomic E-state index is -2.47. The maximum Gasteiger partial charge on any atom is 0.261 e. The molecule has 1 rings (SSSR count). The molecule has 0 bridgehead atoms. The largest absolute Gasteiger partial charge is 0.375 e. The second kappa shape index (κ2) is 8.36. The molecule has 1 fully saturated rings. The highest BCUT2D eigenvalue weighted by Gasteiger charge is 2.19. The van der Waals surface area contributed by atoms with Gasteiger partial charge in [0, 0.05) is 19.0 Å². The van der Waals surface area contributed by atoms with Crippen molar-refractivity contribution in [3.63, 3.8) is 0 Å². The van der Waals surface area contributed by atoms with Crippen LogP contribution >= 0.6 is 0 Å². The summed E-state index contributed by atoms with van der Waals surface area (Å²) in [6.45, 7) is 0.981. The van der Waals surface area contributed by atoms with Crippen LogP contribution in [0.25, 0.3) is 0 Å². The molecule has 1 saturated carbocycles. The summed E-state index contributed by atoms with van der Waals surface area (Å²) in [6, 6.07) is 0.688. The molecule has 2 N–H and O–H groups in total. The minimum Gasteiger partial charge on any atom is -0.375 e. The Labute approximate surface area is 100 Å². The molecule has 17 heavy (non-hydrogen) atoms. The average Bonchev–Trinajstić information content (AvgIpc) is 3.07. The number of hydrogen-bond acceptors (Lipinski definition) is 3. The maximum atomic E-state index is 11.7. The van der Waals surface area contributed by atoms with Gasteiger partial charge in [0.1, 0.15) is 6.61 Å². The van der Waals surface area contributed by atoms with Gasteiger partial charge in [0.25, 0.3) is 6.43 Å². The molecule has 0 radical (unpaired) electrons. The van der Waals surface area contributed by atoms with E-state index in [1.807, 2.05) is 0 Å². The fraction of sp³-hybridized carbons (Fsp3) is 0.909. The molecule has 0 aromatic heterocycles. The third-order valence-corrected chi connectivity index (χ3v) is 2.40. The van der Waals surface area contributed by atoms with Crippen molar-refractivity contribution in [2.24, 2.45) is 0 Å². The number of hydrogen-bond donors (Lipinski definition) is 2. The first-order valence-corrected chi connectivity index (χ1v) is 6.04. The van der Waals surface area contributed by atoms with Crippen molar-refractivity contribution >= 4 is 5.91 Å². The van der Waals surface area contributed by atoms with Crippen LogP contribution in [-0.2, 0) is 9.53 Å². The van der Waals surface area contributed by atoms with Gasteiger partial charge in [-0.25, -0.2) is 8.78 Å². The van der Waals surface area contributed by atoms with Crippen molar-refractivity contribution < 1.29 is 18.3 Å². The van der Waals surface area contributed by atoms with Crippen molar-refractivity contribution in [1.82, 2.24) is 10.6 Å². The topological polar surface area (TPSA) is 50.4 Å². The summed E-state index contributed by atoms with van der Waals surface area (Å²) >= 11 is 0. The molecular weight excluding hydrogens is 230 g/mol. The van der Waals surface area contributed by atoms with Gasteiger partial charge in [-0.05, 0) is 25.8 Å². The zero-order chi connectivity index (χ0) is 12.5. The summed E-state index contributed by atoms with van der Waals surface area (Å²) in [4.78, 5) is 11.2. The van der Waals surface area contributed by atoms with Crippen LogP contribution in [0.4, 0.5) is 8.78 Å². The Bertz CT molecular complexity index is 224. The molecule has 0 aliphatic heterocycles.